The standard InChI is InChI=1S/C10H8N6O.CH2O2/c17-8-3-7(4-12-5-8)9-13-10(15-14-9)16-2-1-11-6-16;2-1-3/h1-6,17H,(H,13,14,15);1H,(H,2,3). The van der Waals surface area contributed by atoms with Gasteiger partial charge in [0.05, 0.1) is 6.20 Å². The summed E-state index contributed by atoms with van der Waals surface area (Å²) in [5.74, 6) is 1.11. The molecular weight excluding hydrogens is 264 g/mol. The van der Waals surface area contributed by atoms with E-state index in [1.54, 1.807) is 35.6 Å². The van der Waals surface area contributed by atoms with Gasteiger partial charge in [-0.05, 0) is 6.07 Å². The first-order valence-corrected chi connectivity index (χ1v) is 5.37. The minimum atomic E-state index is -0.250. The molecule has 0 radical (unpaired) electrons. The lowest BCUT2D eigenvalue weighted by Crippen LogP contribution is -1.92. The van der Waals surface area contributed by atoms with Gasteiger partial charge in [0.15, 0.2) is 5.82 Å². The molecule has 0 saturated carbocycles. The molecule has 3 aromatic rings. The Morgan fingerprint density at radius 1 is 1.30 bits per heavy atom. The quantitative estimate of drug-likeness (QED) is 0.578. The van der Waals surface area contributed by atoms with Gasteiger partial charge < -0.3 is 10.2 Å². The van der Waals surface area contributed by atoms with Crippen LogP contribution in [0.1, 0.15) is 0 Å². The van der Waals surface area contributed by atoms with Gasteiger partial charge in [-0.25, -0.2) is 4.98 Å². The van der Waals surface area contributed by atoms with Crippen LogP contribution in [0.25, 0.3) is 17.3 Å². The molecule has 0 fully saturated rings. The van der Waals surface area contributed by atoms with Crippen LogP contribution in [0.15, 0.2) is 37.2 Å². The summed E-state index contributed by atoms with van der Waals surface area (Å²) in [4.78, 5) is 20.4. The highest BCUT2D eigenvalue weighted by Gasteiger charge is 2.07. The molecule has 0 aliphatic carbocycles. The maximum Gasteiger partial charge on any atom is 0.290 e. The van der Waals surface area contributed by atoms with Gasteiger partial charge in [-0.15, -0.1) is 5.10 Å². The number of hydrogen-bond donors (Lipinski definition) is 3. The van der Waals surface area contributed by atoms with Crippen LogP contribution in [0.3, 0.4) is 0 Å². The summed E-state index contributed by atoms with van der Waals surface area (Å²) in [5.41, 5.74) is 0.670. The predicted octanol–water partition coefficient (Wildman–Crippen LogP) is 0.459. The minimum absolute atomic E-state index is 0.0862. The second-order valence-corrected chi connectivity index (χ2v) is 3.49. The third-order valence-corrected chi connectivity index (χ3v) is 2.21. The molecule has 9 nitrogen and oxygen atoms in total. The summed E-state index contributed by atoms with van der Waals surface area (Å²) < 4.78 is 1.68. The van der Waals surface area contributed by atoms with Crippen LogP contribution in [-0.4, -0.2) is 46.4 Å². The van der Waals surface area contributed by atoms with Gasteiger partial charge in [0.1, 0.15) is 12.1 Å². The fraction of sp³-hybridized carbons (Fsp3) is 0. The van der Waals surface area contributed by atoms with Crippen molar-refractivity contribution in [2.75, 3.05) is 0 Å². The van der Waals surface area contributed by atoms with Crippen LogP contribution < -0.4 is 0 Å². The molecular formula is C11H10N6O3. The van der Waals surface area contributed by atoms with Gasteiger partial charge in [0, 0.05) is 24.2 Å². The summed E-state index contributed by atoms with van der Waals surface area (Å²) in [5, 5.41) is 23.0. The normalized spacial score (nSPS) is 9.60. The number of imidazole rings is 1. The first-order chi connectivity index (χ1) is 9.74. The highest BCUT2D eigenvalue weighted by molar-refractivity contribution is 5.55. The Balaban J connectivity index is 0.000000452. The molecule has 3 heterocycles. The zero-order valence-corrected chi connectivity index (χ0v) is 10.1. The number of aromatic amines is 1. The maximum absolute atomic E-state index is 9.33. The molecule has 0 spiro atoms. The lowest BCUT2D eigenvalue weighted by molar-refractivity contribution is -0.122. The lowest BCUT2D eigenvalue weighted by Gasteiger charge is -1.95. The van der Waals surface area contributed by atoms with Crippen LogP contribution in [0, 0.1) is 0 Å². The summed E-state index contributed by atoms with van der Waals surface area (Å²) in [6, 6.07) is 1.56. The molecule has 20 heavy (non-hydrogen) atoms. The second-order valence-electron chi connectivity index (χ2n) is 3.49. The number of nitrogens with zero attached hydrogens (tertiary/aromatic N) is 5. The molecule has 3 N–H and O–H groups in total. The average Bonchev–Trinajstić information content (AvgIpc) is 3.11. The van der Waals surface area contributed by atoms with E-state index in [0.29, 0.717) is 17.3 Å². The summed E-state index contributed by atoms with van der Waals surface area (Å²) in [6.45, 7) is -0.250. The number of aromatic nitrogens is 6. The first-order valence-electron chi connectivity index (χ1n) is 5.37. The average molecular weight is 274 g/mol. The monoisotopic (exact) mass is 274 g/mol. The number of carbonyl (C=O) groups is 1. The topological polar surface area (TPSA) is 130 Å². The summed E-state index contributed by atoms with van der Waals surface area (Å²) in [6.07, 6.45) is 7.95. The van der Waals surface area contributed by atoms with Crippen molar-refractivity contribution in [1.29, 1.82) is 0 Å². The minimum Gasteiger partial charge on any atom is -0.506 e. The number of carboxylic acid groups (broad SMARTS) is 1. The van der Waals surface area contributed by atoms with E-state index in [1.165, 1.54) is 6.20 Å². The highest BCUT2D eigenvalue weighted by atomic mass is 16.3. The van der Waals surface area contributed by atoms with Crippen molar-refractivity contribution >= 4 is 6.47 Å². The largest absolute Gasteiger partial charge is 0.506 e. The van der Waals surface area contributed by atoms with Crippen molar-refractivity contribution in [2.24, 2.45) is 0 Å². The second kappa shape index (κ2) is 6.09. The molecule has 9 heteroatoms. The smallest absolute Gasteiger partial charge is 0.290 e. The zero-order chi connectivity index (χ0) is 14.4. The molecule has 0 aliphatic rings. The molecule has 3 rings (SSSR count). The molecule has 0 atom stereocenters. The Kier molecular flexibility index (Phi) is 4.02. The van der Waals surface area contributed by atoms with Gasteiger partial charge in [0.2, 0.25) is 0 Å². The number of nitrogens with one attached hydrogen (secondary N) is 1. The molecule has 0 saturated heterocycles. The number of aromatic hydroxyl groups is 1. The zero-order valence-electron chi connectivity index (χ0n) is 10.1. The van der Waals surface area contributed by atoms with E-state index in [4.69, 9.17) is 9.90 Å². The fourth-order valence-corrected chi connectivity index (χ4v) is 1.43. The third kappa shape index (κ3) is 2.96. The van der Waals surface area contributed by atoms with Crippen LogP contribution in [0.5, 0.6) is 5.75 Å². The number of pyridine rings is 1. The maximum atomic E-state index is 9.33. The van der Waals surface area contributed by atoms with E-state index in [1.807, 2.05) is 0 Å². The molecule has 3 aromatic heterocycles. The molecule has 0 bridgehead atoms. The molecule has 102 valence electrons. The highest BCUT2D eigenvalue weighted by Crippen LogP contribution is 2.18. The van der Waals surface area contributed by atoms with Gasteiger partial charge in [-0.3, -0.25) is 19.4 Å². The number of hydrogen-bond acceptors (Lipinski definition) is 6. The van der Waals surface area contributed by atoms with Crippen LogP contribution in [0.2, 0.25) is 0 Å². The van der Waals surface area contributed by atoms with Crippen molar-refractivity contribution in [3.05, 3.63) is 37.2 Å². The Morgan fingerprint density at radius 2 is 2.10 bits per heavy atom. The van der Waals surface area contributed by atoms with Crippen LogP contribution in [0.4, 0.5) is 0 Å². The third-order valence-electron chi connectivity index (χ3n) is 2.21. The van der Waals surface area contributed by atoms with Gasteiger partial charge >= 0.3 is 0 Å². The molecule has 0 aromatic carbocycles. The van der Waals surface area contributed by atoms with Crippen molar-refractivity contribution in [3.8, 4) is 23.1 Å². The molecule has 0 aliphatic heterocycles. The Hall–Kier alpha value is -3.23. The van der Waals surface area contributed by atoms with E-state index < -0.39 is 0 Å². The predicted molar refractivity (Wildman–Crippen MR) is 67.1 cm³/mol. The number of rotatable bonds is 2. The van der Waals surface area contributed by atoms with E-state index in [2.05, 4.69) is 25.1 Å². The Bertz CT molecular complexity index is 679. The van der Waals surface area contributed by atoms with Gasteiger partial charge in [-0.1, -0.05) is 0 Å². The summed E-state index contributed by atoms with van der Waals surface area (Å²) in [7, 11) is 0. The van der Waals surface area contributed by atoms with Crippen LogP contribution in [-0.2, 0) is 4.79 Å². The Labute approximate surface area is 112 Å². The SMILES string of the molecule is O=CO.Oc1cncc(-c2nc(-n3ccnc3)n[nH]2)c1. The molecule has 0 amide bonds. The fourth-order valence-electron chi connectivity index (χ4n) is 1.43. The summed E-state index contributed by atoms with van der Waals surface area (Å²) >= 11 is 0. The van der Waals surface area contributed by atoms with Crippen molar-refractivity contribution in [2.45, 2.75) is 0 Å². The van der Waals surface area contributed by atoms with Gasteiger partial charge in [-0.2, -0.15) is 4.98 Å². The van der Waals surface area contributed by atoms with E-state index in [0.717, 1.165) is 0 Å². The number of H-pyrrole nitrogens is 1. The van der Waals surface area contributed by atoms with E-state index in [-0.39, 0.29) is 12.2 Å². The van der Waals surface area contributed by atoms with Gasteiger partial charge in [0.25, 0.3) is 12.4 Å². The van der Waals surface area contributed by atoms with Crippen molar-refractivity contribution in [3.63, 3.8) is 0 Å². The lowest BCUT2D eigenvalue weighted by atomic mass is 10.3. The van der Waals surface area contributed by atoms with Crippen LogP contribution >= 0.6 is 0 Å². The Morgan fingerprint density at radius 3 is 2.75 bits per heavy atom. The van der Waals surface area contributed by atoms with Crippen molar-refractivity contribution < 1.29 is 15.0 Å². The molecule has 0 unspecified atom stereocenters. The van der Waals surface area contributed by atoms with E-state index in [9.17, 15) is 5.11 Å². The van der Waals surface area contributed by atoms with Crippen molar-refractivity contribution in [1.82, 2.24) is 29.7 Å². The van der Waals surface area contributed by atoms with E-state index >= 15 is 0 Å². The first kappa shape index (κ1) is 13.2.